The van der Waals surface area contributed by atoms with Gasteiger partial charge in [-0.15, -0.1) is 0 Å². The van der Waals surface area contributed by atoms with Gasteiger partial charge in [-0.25, -0.2) is 18.4 Å². The molecule has 0 radical (unpaired) electrons. The van der Waals surface area contributed by atoms with Crippen LogP contribution in [0.3, 0.4) is 0 Å². The lowest BCUT2D eigenvalue weighted by Crippen LogP contribution is -2.34. The molecule has 1 fully saturated rings. The van der Waals surface area contributed by atoms with Crippen LogP contribution in [0.2, 0.25) is 0 Å². The number of sulfone groups is 1. The molecule has 0 saturated carbocycles. The van der Waals surface area contributed by atoms with Gasteiger partial charge in [0.1, 0.15) is 27.7 Å². The third-order valence-electron chi connectivity index (χ3n) is 5.42. The van der Waals surface area contributed by atoms with Gasteiger partial charge in [0.2, 0.25) is 5.88 Å². The number of Topliss-reactive ketones (excluding diaryl/α,β-unsaturated/α-hetero) is 1. The van der Waals surface area contributed by atoms with Gasteiger partial charge < -0.3 is 14.4 Å². The molecular formula is C24H29N5O5S2. The molecular weight excluding hydrogens is 502 g/mol. The first-order chi connectivity index (χ1) is 17.2. The minimum atomic E-state index is -3.35. The number of morpholine rings is 1. The Morgan fingerprint density at radius 2 is 1.86 bits per heavy atom. The zero-order chi connectivity index (χ0) is 25.7. The van der Waals surface area contributed by atoms with E-state index in [1.165, 1.54) is 23.5 Å². The number of ketones is 1. The molecule has 0 aliphatic carbocycles. The van der Waals surface area contributed by atoms with Gasteiger partial charge in [-0.1, -0.05) is 23.5 Å². The van der Waals surface area contributed by atoms with Crippen molar-refractivity contribution in [3.05, 3.63) is 47.0 Å². The van der Waals surface area contributed by atoms with E-state index in [4.69, 9.17) is 9.47 Å². The number of hydrogen-bond acceptors (Lipinski definition) is 11. The smallest absolute Gasteiger partial charge is 0.214 e. The summed E-state index contributed by atoms with van der Waals surface area (Å²) in [5, 5.41) is 7.04. The van der Waals surface area contributed by atoms with E-state index in [0.29, 0.717) is 59.7 Å². The van der Waals surface area contributed by atoms with Gasteiger partial charge in [-0.3, -0.25) is 9.80 Å². The zero-order valence-corrected chi connectivity index (χ0v) is 22.1. The van der Waals surface area contributed by atoms with Crippen molar-refractivity contribution in [2.45, 2.75) is 11.3 Å². The van der Waals surface area contributed by atoms with Gasteiger partial charge in [0, 0.05) is 24.4 Å². The van der Waals surface area contributed by atoms with Gasteiger partial charge in [-0.2, -0.15) is 5.10 Å². The third-order valence-corrected chi connectivity index (χ3v) is 7.52. The molecule has 0 N–H and O–H groups in total. The Morgan fingerprint density at radius 3 is 2.53 bits per heavy atom. The van der Waals surface area contributed by atoms with Crippen LogP contribution in [0, 0.1) is 0 Å². The van der Waals surface area contributed by atoms with E-state index in [2.05, 4.69) is 15.1 Å². The van der Waals surface area contributed by atoms with Gasteiger partial charge in [-0.05, 0) is 32.3 Å². The molecule has 12 heteroatoms. The summed E-state index contributed by atoms with van der Waals surface area (Å²) in [6.07, 6.45) is 1.20. The maximum absolute atomic E-state index is 13.4. The highest BCUT2D eigenvalue weighted by atomic mass is 32.2. The Labute approximate surface area is 214 Å². The van der Waals surface area contributed by atoms with Crippen molar-refractivity contribution < 1.29 is 22.7 Å². The number of carbonyl (C=O) groups excluding carboxylic acids is 1. The van der Waals surface area contributed by atoms with Crippen LogP contribution in [0.4, 0.5) is 0 Å². The summed E-state index contributed by atoms with van der Waals surface area (Å²) < 4.78 is 34.8. The van der Waals surface area contributed by atoms with Crippen LogP contribution in [0.1, 0.15) is 10.6 Å². The van der Waals surface area contributed by atoms with Crippen LogP contribution in [0.15, 0.2) is 46.4 Å². The number of fused-ring (bicyclic) bond motifs is 1. The van der Waals surface area contributed by atoms with Crippen LogP contribution in [-0.2, 0) is 25.8 Å². The second kappa shape index (κ2) is 11.4. The van der Waals surface area contributed by atoms with Crippen molar-refractivity contribution in [3.63, 3.8) is 0 Å². The first-order valence-electron chi connectivity index (χ1n) is 11.5. The summed E-state index contributed by atoms with van der Waals surface area (Å²) in [7, 11) is 0.601. The maximum atomic E-state index is 13.4. The number of pyridine rings is 1. The number of hydrogen-bond donors (Lipinski definition) is 0. The number of rotatable bonds is 10. The fraction of sp³-hybridized carbons (Fsp3) is 0.417. The van der Waals surface area contributed by atoms with Gasteiger partial charge >= 0.3 is 0 Å². The molecule has 3 aromatic rings. The van der Waals surface area contributed by atoms with Crippen LogP contribution in [-0.4, -0.2) is 99.6 Å². The minimum Gasteiger partial charge on any atom is -0.476 e. The molecule has 1 saturated heterocycles. The van der Waals surface area contributed by atoms with Crippen molar-refractivity contribution in [2.75, 3.05) is 59.8 Å². The predicted octanol–water partition coefficient (Wildman–Crippen LogP) is 1.88. The average Bonchev–Trinajstić information content (AvgIpc) is 3.24. The second-order valence-corrected chi connectivity index (χ2v) is 11.7. The highest BCUT2D eigenvalue weighted by Crippen LogP contribution is 2.24. The minimum absolute atomic E-state index is 0.0504. The van der Waals surface area contributed by atoms with E-state index in [1.807, 2.05) is 25.1 Å². The van der Waals surface area contributed by atoms with E-state index in [-0.39, 0.29) is 22.8 Å². The van der Waals surface area contributed by atoms with Crippen LogP contribution in [0.5, 0.6) is 5.88 Å². The Hall–Kier alpha value is -2.93. The fourth-order valence-electron chi connectivity index (χ4n) is 3.48. The fourth-order valence-corrected chi connectivity index (χ4v) is 5.04. The van der Waals surface area contributed by atoms with Gasteiger partial charge in [0.15, 0.2) is 15.6 Å². The molecule has 192 valence electrons. The molecule has 0 bridgehead atoms. The molecule has 1 aliphatic heterocycles. The number of thiazole rings is 1. The lowest BCUT2D eigenvalue weighted by atomic mass is 10.0. The number of aromatic nitrogens is 2. The Balaban J connectivity index is 1.56. The number of benzene rings is 1. The summed E-state index contributed by atoms with van der Waals surface area (Å²) >= 11 is 1.34. The molecule has 10 nitrogen and oxygen atoms in total. The summed E-state index contributed by atoms with van der Waals surface area (Å²) in [4.78, 5) is 25.4. The quantitative estimate of drug-likeness (QED) is 0.362. The zero-order valence-electron chi connectivity index (χ0n) is 20.5. The molecule has 36 heavy (non-hydrogen) atoms. The SMILES string of the molecule is CN(C)CCOc1ccc2nc(CC(=O)/C(=N/N3CCOCC3)c3ccc(S(C)(=O)=O)cc3)sc2n1. The number of hydrazone groups is 1. The molecule has 3 heterocycles. The van der Waals surface area contributed by atoms with Gasteiger partial charge in [0.05, 0.1) is 37.6 Å². The number of nitrogens with zero attached hydrogens (tertiary/aromatic N) is 5. The topological polar surface area (TPSA) is 114 Å². The Morgan fingerprint density at radius 1 is 1.14 bits per heavy atom. The van der Waals surface area contributed by atoms with Crippen molar-refractivity contribution in [1.29, 1.82) is 0 Å². The highest BCUT2D eigenvalue weighted by molar-refractivity contribution is 7.90. The number of ether oxygens (including phenoxy) is 2. The first-order valence-corrected chi connectivity index (χ1v) is 14.2. The van der Waals surface area contributed by atoms with E-state index in [9.17, 15) is 13.2 Å². The standard InChI is InChI=1S/C24H29N5O5S2/c1-28(2)10-15-34-21-9-8-19-24(26-21)35-22(25-19)16-20(30)23(27-29-11-13-33-14-12-29)17-4-6-18(7-5-17)36(3,31)32/h4-9H,10-16H2,1-3H3/b27-23+. The normalized spacial score (nSPS) is 15.0. The lowest BCUT2D eigenvalue weighted by Gasteiger charge is -2.25. The van der Waals surface area contributed by atoms with Crippen molar-refractivity contribution in [2.24, 2.45) is 5.10 Å². The Kier molecular flexibility index (Phi) is 8.29. The molecule has 2 aromatic heterocycles. The molecule has 4 rings (SSSR count). The number of likely N-dealkylation sites (N-methyl/N-ethyl adjacent to an activating group) is 1. The molecule has 0 atom stereocenters. The van der Waals surface area contributed by atoms with Crippen LogP contribution in [0.25, 0.3) is 10.3 Å². The van der Waals surface area contributed by atoms with Crippen molar-refractivity contribution in [3.8, 4) is 5.88 Å². The lowest BCUT2D eigenvalue weighted by molar-refractivity contribution is -0.112. The van der Waals surface area contributed by atoms with Crippen LogP contribution < -0.4 is 4.74 Å². The van der Waals surface area contributed by atoms with E-state index in [0.717, 1.165) is 12.8 Å². The second-order valence-electron chi connectivity index (χ2n) is 8.64. The van der Waals surface area contributed by atoms with Crippen LogP contribution >= 0.6 is 11.3 Å². The maximum Gasteiger partial charge on any atom is 0.214 e. The first kappa shape index (κ1) is 26.1. The molecule has 0 spiro atoms. The highest BCUT2D eigenvalue weighted by Gasteiger charge is 2.21. The predicted molar refractivity (Wildman–Crippen MR) is 139 cm³/mol. The third kappa shape index (κ3) is 6.84. The van der Waals surface area contributed by atoms with E-state index < -0.39 is 9.84 Å². The van der Waals surface area contributed by atoms with E-state index >= 15 is 0 Å². The molecule has 0 amide bonds. The summed E-state index contributed by atoms with van der Waals surface area (Å²) in [6, 6.07) is 9.83. The van der Waals surface area contributed by atoms with Crippen molar-refractivity contribution >= 4 is 43.0 Å². The molecule has 1 aromatic carbocycles. The molecule has 1 aliphatic rings. The average molecular weight is 532 g/mol. The summed E-state index contributed by atoms with van der Waals surface area (Å²) in [5.41, 5.74) is 1.51. The summed E-state index contributed by atoms with van der Waals surface area (Å²) in [6.45, 7) is 3.49. The number of carbonyl (C=O) groups is 1. The molecule has 0 unspecified atom stereocenters. The monoisotopic (exact) mass is 531 g/mol. The van der Waals surface area contributed by atoms with Gasteiger partial charge in [0.25, 0.3) is 0 Å². The van der Waals surface area contributed by atoms with E-state index in [1.54, 1.807) is 23.2 Å². The van der Waals surface area contributed by atoms with Crippen molar-refractivity contribution in [1.82, 2.24) is 19.9 Å². The Bertz CT molecular complexity index is 1350. The summed E-state index contributed by atoms with van der Waals surface area (Å²) in [5.74, 6) is 0.307. The largest absolute Gasteiger partial charge is 0.476 e.